The average molecular weight is 534 g/mol. The first-order valence-corrected chi connectivity index (χ1v) is 10.5. The number of benzene rings is 3. The van der Waals surface area contributed by atoms with Gasteiger partial charge in [-0.15, -0.1) is 0 Å². The average Bonchev–Trinajstić information content (AvgIpc) is 2.80. The highest BCUT2D eigenvalue weighted by molar-refractivity contribution is 6.36. The standard InChI is InChI=1S/C22H11Cl3N4O6/c23-14-1-3-16(4-2-14)27-22(30)13(11-26)7-12-8-15(24)9-18(25)21(12)35-20-6-5-17(28(31)32)10-19(20)29(33)34/h1-10H,(H,27,30)/b13-7+. The summed E-state index contributed by atoms with van der Waals surface area (Å²) < 4.78 is 5.62. The number of rotatable bonds is 7. The molecule has 0 aromatic heterocycles. The van der Waals surface area contributed by atoms with E-state index in [0.717, 1.165) is 24.3 Å². The lowest BCUT2D eigenvalue weighted by Crippen LogP contribution is -2.13. The number of anilines is 1. The smallest absolute Gasteiger partial charge is 0.318 e. The first-order chi connectivity index (χ1) is 16.6. The number of nitrogens with one attached hydrogen (secondary N) is 1. The van der Waals surface area contributed by atoms with Crippen molar-refractivity contribution in [1.29, 1.82) is 5.26 Å². The summed E-state index contributed by atoms with van der Waals surface area (Å²) in [6.07, 6.45) is 1.13. The Labute approximate surface area is 212 Å². The van der Waals surface area contributed by atoms with E-state index in [1.54, 1.807) is 18.2 Å². The second-order valence-corrected chi connectivity index (χ2v) is 7.99. The molecule has 0 heterocycles. The number of hydrogen-bond acceptors (Lipinski definition) is 7. The molecule has 1 amide bonds. The summed E-state index contributed by atoms with van der Waals surface area (Å²) in [7, 11) is 0. The first-order valence-electron chi connectivity index (χ1n) is 9.37. The zero-order valence-corrected chi connectivity index (χ0v) is 19.5. The van der Waals surface area contributed by atoms with Gasteiger partial charge in [-0.1, -0.05) is 34.8 Å². The topological polar surface area (TPSA) is 148 Å². The van der Waals surface area contributed by atoms with E-state index >= 15 is 0 Å². The largest absolute Gasteiger partial charge is 0.448 e. The van der Waals surface area contributed by atoms with Crippen LogP contribution in [0.2, 0.25) is 15.1 Å². The van der Waals surface area contributed by atoms with Crippen LogP contribution in [0.4, 0.5) is 17.1 Å². The highest BCUT2D eigenvalue weighted by Gasteiger charge is 2.23. The summed E-state index contributed by atoms with van der Waals surface area (Å²) in [6.45, 7) is 0. The number of carbonyl (C=O) groups excluding carboxylic acids is 1. The van der Waals surface area contributed by atoms with Crippen molar-refractivity contribution in [2.45, 2.75) is 0 Å². The molecular weight excluding hydrogens is 523 g/mol. The van der Waals surface area contributed by atoms with Crippen LogP contribution in [-0.2, 0) is 4.79 Å². The second kappa shape index (κ2) is 10.8. The number of non-ortho nitro benzene ring substituents is 1. The molecule has 0 atom stereocenters. The minimum Gasteiger partial charge on any atom is -0.448 e. The van der Waals surface area contributed by atoms with Crippen molar-refractivity contribution in [2.75, 3.05) is 5.32 Å². The minimum atomic E-state index is -0.859. The molecule has 0 saturated carbocycles. The van der Waals surface area contributed by atoms with E-state index in [-0.39, 0.29) is 32.7 Å². The van der Waals surface area contributed by atoms with Crippen LogP contribution in [0.1, 0.15) is 5.56 Å². The number of hydrogen-bond donors (Lipinski definition) is 1. The third-order valence-electron chi connectivity index (χ3n) is 4.37. The fourth-order valence-corrected chi connectivity index (χ4v) is 3.46. The van der Waals surface area contributed by atoms with Gasteiger partial charge in [0, 0.05) is 27.4 Å². The van der Waals surface area contributed by atoms with E-state index in [1.165, 1.54) is 24.3 Å². The van der Waals surface area contributed by atoms with Crippen molar-refractivity contribution in [3.63, 3.8) is 0 Å². The second-order valence-electron chi connectivity index (χ2n) is 6.71. The van der Waals surface area contributed by atoms with Crippen molar-refractivity contribution in [3.8, 4) is 17.6 Å². The van der Waals surface area contributed by atoms with Gasteiger partial charge in [-0.25, -0.2) is 0 Å². The molecule has 3 rings (SSSR count). The van der Waals surface area contributed by atoms with Gasteiger partial charge in [-0.2, -0.15) is 5.26 Å². The number of halogens is 3. The molecule has 1 N–H and O–H groups in total. The predicted molar refractivity (Wildman–Crippen MR) is 130 cm³/mol. The van der Waals surface area contributed by atoms with Crippen LogP contribution >= 0.6 is 34.8 Å². The molecular formula is C22H11Cl3N4O6. The highest BCUT2D eigenvalue weighted by Crippen LogP contribution is 2.41. The molecule has 0 aliphatic rings. The monoisotopic (exact) mass is 532 g/mol. The summed E-state index contributed by atoms with van der Waals surface area (Å²) in [4.78, 5) is 33.4. The quantitative estimate of drug-likeness (QED) is 0.152. The van der Waals surface area contributed by atoms with E-state index in [4.69, 9.17) is 39.5 Å². The fraction of sp³-hybridized carbons (Fsp3) is 0. The van der Waals surface area contributed by atoms with E-state index in [9.17, 15) is 30.3 Å². The Morgan fingerprint density at radius 2 is 1.66 bits per heavy atom. The number of nitro groups is 2. The van der Waals surface area contributed by atoms with Crippen molar-refractivity contribution in [3.05, 3.63) is 101 Å². The summed E-state index contributed by atoms with van der Waals surface area (Å²) in [5, 5.41) is 35.0. The van der Waals surface area contributed by atoms with Crippen molar-refractivity contribution in [2.24, 2.45) is 0 Å². The predicted octanol–water partition coefficient (Wildman–Crippen LogP) is 6.80. The van der Waals surface area contributed by atoms with Gasteiger partial charge < -0.3 is 10.1 Å². The Morgan fingerprint density at radius 1 is 0.971 bits per heavy atom. The molecule has 13 heteroatoms. The number of nitriles is 1. The Bertz CT molecular complexity index is 1420. The molecule has 0 radical (unpaired) electrons. The Morgan fingerprint density at radius 3 is 2.26 bits per heavy atom. The number of carbonyl (C=O) groups is 1. The fourth-order valence-electron chi connectivity index (χ4n) is 2.79. The Hall–Kier alpha value is -4.17. The lowest BCUT2D eigenvalue weighted by molar-refractivity contribution is -0.394. The third kappa shape index (κ3) is 6.24. The maximum absolute atomic E-state index is 12.6. The van der Waals surface area contributed by atoms with Gasteiger partial charge in [0.05, 0.1) is 20.9 Å². The van der Waals surface area contributed by atoms with Crippen LogP contribution < -0.4 is 10.1 Å². The number of ether oxygens (including phenoxy) is 1. The third-order valence-corrected chi connectivity index (χ3v) is 5.12. The zero-order chi connectivity index (χ0) is 25.7. The first kappa shape index (κ1) is 25.5. The van der Waals surface area contributed by atoms with Crippen LogP contribution in [0.5, 0.6) is 11.5 Å². The van der Waals surface area contributed by atoms with Crippen LogP contribution in [0.15, 0.2) is 60.2 Å². The number of amides is 1. The zero-order valence-electron chi connectivity index (χ0n) is 17.2. The number of nitro benzene ring substituents is 2. The van der Waals surface area contributed by atoms with Crippen LogP contribution in [0.3, 0.4) is 0 Å². The van der Waals surface area contributed by atoms with Gasteiger partial charge in [0.15, 0.2) is 5.75 Å². The maximum Gasteiger partial charge on any atom is 0.318 e. The molecule has 3 aromatic carbocycles. The van der Waals surface area contributed by atoms with Crippen LogP contribution in [0.25, 0.3) is 6.08 Å². The molecule has 176 valence electrons. The highest BCUT2D eigenvalue weighted by atomic mass is 35.5. The van der Waals surface area contributed by atoms with Gasteiger partial charge >= 0.3 is 5.69 Å². The van der Waals surface area contributed by atoms with Crippen LogP contribution in [-0.4, -0.2) is 15.8 Å². The van der Waals surface area contributed by atoms with Gasteiger partial charge in [-0.3, -0.25) is 25.0 Å². The molecule has 10 nitrogen and oxygen atoms in total. The van der Waals surface area contributed by atoms with Gasteiger partial charge in [0.1, 0.15) is 11.6 Å². The molecule has 35 heavy (non-hydrogen) atoms. The van der Waals surface area contributed by atoms with E-state index < -0.39 is 27.1 Å². The lowest BCUT2D eigenvalue weighted by atomic mass is 10.1. The molecule has 0 spiro atoms. The molecule has 0 bridgehead atoms. The number of nitrogens with zero attached hydrogens (tertiary/aromatic N) is 3. The summed E-state index contributed by atoms with van der Waals surface area (Å²) >= 11 is 18.1. The SMILES string of the molecule is N#C/C(=C\c1cc(Cl)cc(Cl)c1Oc1ccc([N+](=O)[O-])cc1[N+](=O)[O-])C(=O)Nc1ccc(Cl)cc1. The Kier molecular flexibility index (Phi) is 7.88. The molecule has 0 unspecified atom stereocenters. The van der Waals surface area contributed by atoms with Gasteiger partial charge in [0.2, 0.25) is 5.75 Å². The molecule has 0 aliphatic heterocycles. The van der Waals surface area contributed by atoms with E-state index in [2.05, 4.69) is 5.32 Å². The van der Waals surface area contributed by atoms with Gasteiger partial charge in [0.25, 0.3) is 11.6 Å². The summed E-state index contributed by atoms with van der Waals surface area (Å²) in [6, 6.07) is 13.3. The minimum absolute atomic E-state index is 0.0537. The van der Waals surface area contributed by atoms with Crippen LogP contribution in [0, 0.1) is 31.6 Å². The Balaban J connectivity index is 2.03. The molecule has 0 saturated heterocycles. The summed E-state index contributed by atoms with van der Waals surface area (Å²) in [5.74, 6) is -1.29. The normalized spacial score (nSPS) is 10.9. The molecule has 3 aromatic rings. The van der Waals surface area contributed by atoms with Crippen molar-refractivity contribution in [1.82, 2.24) is 0 Å². The van der Waals surface area contributed by atoms with Crippen molar-refractivity contribution >= 4 is 63.8 Å². The molecule has 0 aliphatic carbocycles. The molecule has 0 fully saturated rings. The van der Waals surface area contributed by atoms with E-state index in [0.29, 0.717) is 10.7 Å². The summed E-state index contributed by atoms with van der Waals surface area (Å²) in [5.41, 5.74) is -1.14. The van der Waals surface area contributed by atoms with Crippen molar-refractivity contribution < 1.29 is 19.4 Å². The van der Waals surface area contributed by atoms with Gasteiger partial charge in [-0.05, 0) is 48.5 Å². The lowest BCUT2D eigenvalue weighted by Gasteiger charge is -2.12. The van der Waals surface area contributed by atoms with E-state index in [1.807, 2.05) is 0 Å². The maximum atomic E-state index is 12.6.